The lowest BCUT2D eigenvalue weighted by atomic mass is 10.1. The van der Waals surface area contributed by atoms with Crippen LogP contribution in [0.2, 0.25) is 0 Å². The number of hydrogen-bond donors (Lipinski definition) is 0. The summed E-state index contributed by atoms with van der Waals surface area (Å²) in [6, 6.07) is 12.7. The minimum atomic E-state index is -3.50. The van der Waals surface area contributed by atoms with Gasteiger partial charge in [0.2, 0.25) is 10.0 Å². The third-order valence-electron chi connectivity index (χ3n) is 5.96. The number of thioether (sulfide) groups is 1. The van der Waals surface area contributed by atoms with E-state index in [9.17, 15) is 13.2 Å². The number of aliphatic imine (C=N–C) groups is 1. The fraction of sp³-hybridized carbons (Fsp3) is 0.417. The van der Waals surface area contributed by atoms with E-state index in [2.05, 4.69) is 37.0 Å². The van der Waals surface area contributed by atoms with Crippen molar-refractivity contribution in [3.8, 4) is 0 Å². The van der Waals surface area contributed by atoms with Gasteiger partial charge in [-0.2, -0.15) is 4.31 Å². The first kappa shape index (κ1) is 23.0. The van der Waals surface area contributed by atoms with Crippen molar-refractivity contribution in [3.63, 3.8) is 0 Å². The molecule has 0 radical (unpaired) electrons. The summed E-state index contributed by atoms with van der Waals surface area (Å²) in [7, 11) is -3.50. The van der Waals surface area contributed by atoms with E-state index in [0.29, 0.717) is 31.7 Å². The lowest BCUT2D eigenvalue weighted by Crippen LogP contribution is -2.35. The zero-order chi connectivity index (χ0) is 22.7. The Balaban J connectivity index is 1.44. The Morgan fingerprint density at radius 1 is 1.00 bits per heavy atom. The predicted octanol–water partition coefficient (Wildman–Crippen LogP) is 4.22. The van der Waals surface area contributed by atoms with Crippen LogP contribution in [0.1, 0.15) is 46.3 Å². The monoisotopic (exact) mass is 471 g/mol. The van der Waals surface area contributed by atoms with E-state index in [4.69, 9.17) is 0 Å². The van der Waals surface area contributed by atoms with Crippen LogP contribution in [0.4, 0.5) is 0 Å². The summed E-state index contributed by atoms with van der Waals surface area (Å²) < 4.78 is 27.3. The molecule has 1 fully saturated rings. The van der Waals surface area contributed by atoms with Crippen LogP contribution < -0.4 is 0 Å². The van der Waals surface area contributed by atoms with Crippen LogP contribution in [0.3, 0.4) is 0 Å². The Labute approximate surface area is 194 Å². The number of hydrogen-bond acceptors (Lipinski definition) is 5. The minimum Gasteiger partial charge on any atom is -0.286 e. The van der Waals surface area contributed by atoms with Gasteiger partial charge in [-0.1, -0.05) is 41.9 Å². The minimum absolute atomic E-state index is 0.142. The number of amidine groups is 1. The molecule has 0 bridgehead atoms. The van der Waals surface area contributed by atoms with E-state index in [0.717, 1.165) is 30.2 Å². The number of sulfonamides is 1. The molecule has 0 atom stereocenters. The molecular weight excluding hydrogens is 442 g/mol. The molecule has 0 spiro atoms. The molecule has 170 valence electrons. The lowest BCUT2D eigenvalue weighted by Gasteiger charge is -2.26. The van der Waals surface area contributed by atoms with Crippen molar-refractivity contribution < 1.29 is 13.2 Å². The fourth-order valence-corrected chi connectivity index (χ4v) is 6.64. The van der Waals surface area contributed by atoms with Crippen molar-refractivity contribution in [2.75, 3.05) is 26.2 Å². The second kappa shape index (κ2) is 9.77. The smallest absolute Gasteiger partial charge is 0.259 e. The van der Waals surface area contributed by atoms with Gasteiger partial charge in [0.25, 0.3) is 5.91 Å². The summed E-state index contributed by atoms with van der Waals surface area (Å²) in [5, 5.41) is 0.723. The maximum absolute atomic E-state index is 13.1. The second-order valence-corrected chi connectivity index (χ2v) is 11.2. The van der Waals surface area contributed by atoms with Crippen LogP contribution in [-0.2, 0) is 15.8 Å². The molecule has 6 nitrogen and oxygen atoms in total. The molecule has 2 aliphatic rings. The third-order valence-corrected chi connectivity index (χ3v) is 8.94. The summed E-state index contributed by atoms with van der Waals surface area (Å²) in [5.74, 6) is 0.611. The van der Waals surface area contributed by atoms with Crippen LogP contribution >= 0.6 is 11.8 Å². The first-order valence-electron chi connectivity index (χ1n) is 11.0. The largest absolute Gasteiger partial charge is 0.286 e. The average molecular weight is 472 g/mol. The topological polar surface area (TPSA) is 70.0 Å². The van der Waals surface area contributed by atoms with Gasteiger partial charge in [0, 0.05) is 31.0 Å². The van der Waals surface area contributed by atoms with Gasteiger partial charge in [0.05, 0.1) is 11.4 Å². The van der Waals surface area contributed by atoms with Crippen LogP contribution in [0.5, 0.6) is 0 Å². The number of amides is 1. The number of aryl methyl sites for hydroxylation is 2. The first-order chi connectivity index (χ1) is 15.4. The molecule has 1 saturated heterocycles. The molecule has 1 amide bonds. The molecule has 2 aromatic carbocycles. The van der Waals surface area contributed by atoms with Gasteiger partial charge in [-0.25, -0.2) is 8.42 Å². The third kappa shape index (κ3) is 4.92. The van der Waals surface area contributed by atoms with Crippen LogP contribution in [0.25, 0.3) is 0 Å². The summed E-state index contributed by atoms with van der Waals surface area (Å²) >= 11 is 1.57. The normalized spacial score (nSPS) is 17.4. The van der Waals surface area contributed by atoms with E-state index >= 15 is 0 Å². The highest BCUT2D eigenvalue weighted by atomic mass is 32.2. The summed E-state index contributed by atoms with van der Waals surface area (Å²) in [6.45, 7) is 6.42. The molecule has 2 aliphatic heterocycles. The van der Waals surface area contributed by atoms with E-state index in [1.807, 2.05) is 0 Å². The van der Waals surface area contributed by atoms with Gasteiger partial charge in [-0.3, -0.25) is 14.7 Å². The number of nitrogens with zero attached hydrogens (tertiary/aromatic N) is 3. The van der Waals surface area contributed by atoms with E-state index in [1.54, 1.807) is 45.2 Å². The highest BCUT2D eigenvalue weighted by Crippen LogP contribution is 2.25. The SMILES string of the molecule is Cc1ccc(C)c(CSC2=NCCN2C(=O)c2ccc(S(=O)(=O)N3CCCCC3)cc2)c1. The molecule has 2 heterocycles. The number of carbonyl (C=O) groups is 1. The van der Waals surface area contributed by atoms with Gasteiger partial charge in [-0.15, -0.1) is 0 Å². The Bertz CT molecular complexity index is 1120. The number of benzene rings is 2. The number of rotatable bonds is 5. The van der Waals surface area contributed by atoms with Crippen LogP contribution in [0.15, 0.2) is 52.4 Å². The summed E-state index contributed by atoms with van der Waals surface area (Å²) in [6.07, 6.45) is 2.86. The Kier molecular flexibility index (Phi) is 7.02. The highest BCUT2D eigenvalue weighted by Gasteiger charge is 2.28. The number of carbonyl (C=O) groups excluding carboxylic acids is 1. The maximum Gasteiger partial charge on any atom is 0.259 e. The van der Waals surface area contributed by atoms with Gasteiger partial charge in [0.15, 0.2) is 5.17 Å². The van der Waals surface area contributed by atoms with Gasteiger partial charge >= 0.3 is 0 Å². The van der Waals surface area contributed by atoms with Crippen molar-refractivity contribution in [2.24, 2.45) is 4.99 Å². The molecule has 8 heteroatoms. The molecule has 0 saturated carbocycles. The predicted molar refractivity (Wildman–Crippen MR) is 130 cm³/mol. The molecule has 0 unspecified atom stereocenters. The molecule has 4 rings (SSSR count). The molecule has 32 heavy (non-hydrogen) atoms. The highest BCUT2D eigenvalue weighted by molar-refractivity contribution is 8.13. The van der Waals surface area contributed by atoms with Gasteiger partial charge in [-0.05, 0) is 62.1 Å². The maximum atomic E-state index is 13.1. The van der Waals surface area contributed by atoms with Crippen molar-refractivity contribution in [1.29, 1.82) is 0 Å². The van der Waals surface area contributed by atoms with E-state index in [1.165, 1.54) is 16.7 Å². The standard InChI is InChI=1S/C24H29N3O3S2/c1-18-6-7-19(2)21(16-18)17-31-24-25-12-15-27(24)23(28)20-8-10-22(11-9-20)32(29,30)26-13-4-3-5-14-26/h6-11,16H,3-5,12-15,17H2,1-2H3. The van der Waals surface area contributed by atoms with Crippen LogP contribution in [0, 0.1) is 13.8 Å². The Morgan fingerprint density at radius 2 is 1.72 bits per heavy atom. The number of piperidine rings is 1. The molecule has 0 aromatic heterocycles. The van der Waals surface area contributed by atoms with Gasteiger partial charge in [0.1, 0.15) is 0 Å². The molecule has 0 N–H and O–H groups in total. The van der Waals surface area contributed by atoms with Crippen molar-refractivity contribution in [2.45, 2.75) is 43.8 Å². The van der Waals surface area contributed by atoms with Gasteiger partial charge < -0.3 is 0 Å². The molecule has 0 aliphatic carbocycles. The average Bonchev–Trinajstić information content (AvgIpc) is 3.28. The lowest BCUT2D eigenvalue weighted by molar-refractivity contribution is 0.0860. The van der Waals surface area contributed by atoms with E-state index < -0.39 is 10.0 Å². The second-order valence-electron chi connectivity index (χ2n) is 8.33. The molecule has 2 aromatic rings. The zero-order valence-electron chi connectivity index (χ0n) is 18.6. The Hall–Kier alpha value is -2.16. The first-order valence-corrected chi connectivity index (χ1v) is 13.4. The summed E-state index contributed by atoms with van der Waals surface area (Å²) in [4.78, 5) is 19.6. The van der Waals surface area contributed by atoms with Crippen LogP contribution in [-0.4, -0.2) is 54.9 Å². The Morgan fingerprint density at radius 3 is 2.44 bits per heavy atom. The van der Waals surface area contributed by atoms with Crippen molar-refractivity contribution in [3.05, 3.63) is 64.7 Å². The van der Waals surface area contributed by atoms with E-state index in [-0.39, 0.29) is 10.8 Å². The van der Waals surface area contributed by atoms with Crippen molar-refractivity contribution >= 4 is 32.9 Å². The quantitative estimate of drug-likeness (QED) is 0.655. The molecular formula is C24H29N3O3S2. The van der Waals surface area contributed by atoms with Crippen molar-refractivity contribution in [1.82, 2.24) is 9.21 Å². The zero-order valence-corrected chi connectivity index (χ0v) is 20.2. The summed E-state index contributed by atoms with van der Waals surface area (Å²) in [5.41, 5.74) is 4.16. The fourth-order valence-electron chi connectivity index (χ4n) is 4.02.